The van der Waals surface area contributed by atoms with Gasteiger partial charge in [0, 0.05) is 39.6 Å². The van der Waals surface area contributed by atoms with Crippen molar-refractivity contribution >= 4 is 41.0 Å². The molecule has 0 unspecified atom stereocenters. The van der Waals surface area contributed by atoms with Crippen LogP contribution in [0.1, 0.15) is 78.2 Å². The first-order valence-corrected chi connectivity index (χ1v) is 14.0. The summed E-state index contributed by atoms with van der Waals surface area (Å²) in [5.41, 5.74) is 1.84. The molecule has 2 amide bonds. The van der Waals surface area contributed by atoms with Gasteiger partial charge < -0.3 is 14.8 Å². The standard InChI is InChI=1S/C26H37N3O4S2/c1-15(2)32-25(30)28-19-9-7-18(8-10-19)24-27-14-23(35-24)21-12-11-20(13-22(21)34-17(5)6)29-26(31)33-16(3)4/h11-19H,7-10H2,1-6H3,(H,28,30)(H,29,31)/t18-,19-. The molecule has 9 heteroatoms. The zero-order chi connectivity index (χ0) is 25.5. The molecule has 0 atom stereocenters. The molecule has 192 valence electrons. The van der Waals surface area contributed by atoms with Gasteiger partial charge in [0.25, 0.3) is 0 Å². The third kappa shape index (κ3) is 8.42. The van der Waals surface area contributed by atoms with Crippen molar-refractivity contribution in [3.63, 3.8) is 0 Å². The fraction of sp³-hybridized carbons (Fsp3) is 0.577. The lowest BCUT2D eigenvalue weighted by molar-refractivity contribution is 0.109. The summed E-state index contributed by atoms with van der Waals surface area (Å²) in [4.78, 5) is 30.9. The third-order valence-corrected chi connectivity index (χ3v) is 7.72. The molecular formula is C26H37N3O4S2. The first-order chi connectivity index (χ1) is 16.6. The third-order valence-electron chi connectivity index (χ3n) is 5.46. The van der Waals surface area contributed by atoms with Gasteiger partial charge in [-0.05, 0) is 65.5 Å². The number of rotatable bonds is 8. The number of carbonyl (C=O) groups is 2. The van der Waals surface area contributed by atoms with Crippen molar-refractivity contribution in [3.8, 4) is 10.4 Å². The minimum Gasteiger partial charge on any atom is -0.447 e. The largest absolute Gasteiger partial charge is 0.447 e. The fourth-order valence-electron chi connectivity index (χ4n) is 4.02. The van der Waals surface area contributed by atoms with Gasteiger partial charge in [-0.15, -0.1) is 23.1 Å². The second-order valence-corrected chi connectivity index (χ2v) is 12.3. The number of thiazole rings is 1. The molecule has 1 aromatic heterocycles. The van der Waals surface area contributed by atoms with Crippen LogP contribution >= 0.6 is 23.1 Å². The predicted octanol–water partition coefficient (Wildman–Crippen LogP) is 7.43. The summed E-state index contributed by atoms with van der Waals surface area (Å²) in [6.07, 6.45) is 4.74. The Morgan fingerprint density at radius 2 is 1.66 bits per heavy atom. The molecule has 0 radical (unpaired) electrons. The van der Waals surface area contributed by atoms with Crippen LogP contribution in [0.4, 0.5) is 15.3 Å². The number of aromatic nitrogens is 1. The first kappa shape index (κ1) is 27.3. The minimum absolute atomic E-state index is 0.113. The van der Waals surface area contributed by atoms with E-state index in [1.165, 1.54) is 0 Å². The lowest BCUT2D eigenvalue weighted by atomic mass is 9.86. The molecule has 2 N–H and O–H groups in total. The molecule has 3 rings (SSSR count). The van der Waals surface area contributed by atoms with Gasteiger partial charge in [-0.2, -0.15) is 0 Å². The molecule has 35 heavy (non-hydrogen) atoms. The van der Waals surface area contributed by atoms with Crippen LogP contribution in [0.25, 0.3) is 10.4 Å². The monoisotopic (exact) mass is 519 g/mol. The van der Waals surface area contributed by atoms with E-state index in [1.54, 1.807) is 23.1 Å². The maximum absolute atomic E-state index is 12.0. The topological polar surface area (TPSA) is 89.5 Å². The number of nitrogens with zero attached hydrogens (tertiary/aromatic N) is 1. The van der Waals surface area contributed by atoms with E-state index in [2.05, 4.69) is 24.5 Å². The van der Waals surface area contributed by atoms with E-state index in [0.29, 0.717) is 16.9 Å². The van der Waals surface area contributed by atoms with E-state index in [1.807, 2.05) is 52.1 Å². The van der Waals surface area contributed by atoms with Crippen molar-refractivity contribution in [2.24, 2.45) is 0 Å². The summed E-state index contributed by atoms with van der Waals surface area (Å²) < 4.78 is 10.4. The average molecular weight is 520 g/mol. The summed E-state index contributed by atoms with van der Waals surface area (Å²) in [6.45, 7) is 11.7. The van der Waals surface area contributed by atoms with E-state index in [-0.39, 0.29) is 24.3 Å². The summed E-state index contributed by atoms with van der Waals surface area (Å²) in [5, 5.41) is 7.35. The highest BCUT2D eigenvalue weighted by Crippen LogP contribution is 2.41. The summed E-state index contributed by atoms with van der Waals surface area (Å²) in [7, 11) is 0. The van der Waals surface area contributed by atoms with Crippen LogP contribution < -0.4 is 10.6 Å². The zero-order valence-electron chi connectivity index (χ0n) is 21.4. The second kappa shape index (κ2) is 12.6. The lowest BCUT2D eigenvalue weighted by Gasteiger charge is -2.28. The fourth-order valence-corrected chi connectivity index (χ4v) is 6.22. The molecule has 1 heterocycles. The molecular weight excluding hydrogens is 482 g/mol. The SMILES string of the molecule is CC(C)OC(=O)Nc1ccc(-c2cnc([C@H]3CC[C@H](NC(=O)OC(C)C)CC3)s2)c(SC(C)C)c1. The number of anilines is 1. The highest BCUT2D eigenvalue weighted by Gasteiger charge is 2.26. The number of amides is 2. The summed E-state index contributed by atoms with van der Waals surface area (Å²) in [5.74, 6) is 0.404. The molecule has 2 aromatic rings. The molecule has 0 bridgehead atoms. The van der Waals surface area contributed by atoms with Crippen LogP contribution in [0.15, 0.2) is 29.3 Å². The number of ether oxygens (including phenoxy) is 2. The van der Waals surface area contributed by atoms with Crippen molar-refractivity contribution in [2.75, 3.05) is 5.32 Å². The van der Waals surface area contributed by atoms with Gasteiger partial charge in [0.15, 0.2) is 0 Å². The van der Waals surface area contributed by atoms with E-state index in [9.17, 15) is 9.59 Å². The number of carbonyl (C=O) groups excluding carboxylic acids is 2. The number of alkyl carbamates (subject to hydrolysis) is 1. The second-order valence-electron chi connectivity index (χ2n) is 9.67. The summed E-state index contributed by atoms with van der Waals surface area (Å²) in [6, 6.07) is 6.13. The molecule has 1 aliphatic carbocycles. The Bertz CT molecular complexity index is 998. The van der Waals surface area contributed by atoms with Gasteiger partial charge in [0.1, 0.15) is 0 Å². The van der Waals surface area contributed by atoms with Crippen LogP contribution in [0, 0.1) is 0 Å². The van der Waals surface area contributed by atoms with Crippen LogP contribution in [0.2, 0.25) is 0 Å². The molecule has 0 spiro atoms. The van der Waals surface area contributed by atoms with Crippen LogP contribution in [0.3, 0.4) is 0 Å². The Hall–Kier alpha value is -2.26. The molecule has 1 saturated carbocycles. The summed E-state index contributed by atoms with van der Waals surface area (Å²) >= 11 is 3.50. The van der Waals surface area contributed by atoms with E-state index in [4.69, 9.17) is 14.5 Å². The number of hydrogen-bond donors (Lipinski definition) is 2. The number of thioether (sulfide) groups is 1. The van der Waals surface area contributed by atoms with Crippen molar-refractivity contribution < 1.29 is 19.1 Å². The Morgan fingerprint density at radius 1 is 1.00 bits per heavy atom. The molecule has 0 saturated heterocycles. The molecule has 0 aliphatic heterocycles. The minimum atomic E-state index is -0.448. The Morgan fingerprint density at radius 3 is 2.29 bits per heavy atom. The van der Waals surface area contributed by atoms with E-state index < -0.39 is 6.09 Å². The predicted molar refractivity (Wildman–Crippen MR) is 144 cm³/mol. The van der Waals surface area contributed by atoms with Crippen molar-refractivity contribution in [2.45, 2.75) is 102 Å². The molecule has 1 fully saturated rings. The number of nitrogens with one attached hydrogen (secondary N) is 2. The van der Waals surface area contributed by atoms with Crippen molar-refractivity contribution in [3.05, 3.63) is 29.4 Å². The van der Waals surface area contributed by atoms with Gasteiger partial charge in [0.2, 0.25) is 0 Å². The normalized spacial score (nSPS) is 18.1. The van der Waals surface area contributed by atoms with Gasteiger partial charge in [0.05, 0.1) is 22.1 Å². The van der Waals surface area contributed by atoms with Gasteiger partial charge in [-0.3, -0.25) is 5.32 Å². The lowest BCUT2D eigenvalue weighted by Crippen LogP contribution is -2.38. The van der Waals surface area contributed by atoms with Crippen LogP contribution in [-0.4, -0.2) is 40.7 Å². The number of benzene rings is 1. The van der Waals surface area contributed by atoms with Gasteiger partial charge >= 0.3 is 12.2 Å². The van der Waals surface area contributed by atoms with E-state index >= 15 is 0 Å². The van der Waals surface area contributed by atoms with Crippen LogP contribution in [0.5, 0.6) is 0 Å². The number of hydrogen-bond acceptors (Lipinski definition) is 7. The van der Waals surface area contributed by atoms with Crippen LogP contribution in [-0.2, 0) is 9.47 Å². The average Bonchev–Trinajstić information content (AvgIpc) is 3.22. The smallest absolute Gasteiger partial charge is 0.411 e. The maximum atomic E-state index is 12.0. The Balaban J connectivity index is 1.68. The maximum Gasteiger partial charge on any atom is 0.411 e. The highest BCUT2D eigenvalue weighted by molar-refractivity contribution is 8.00. The molecule has 1 aliphatic rings. The molecule has 1 aromatic carbocycles. The van der Waals surface area contributed by atoms with Crippen molar-refractivity contribution in [1.82, 2.24) is 10.3 Å². The first-order valence-electron chi connectivity index (χ1n) is 12.3. The zero-order valence-corrected chi connectivity index (χ0v) is 23.1. The van der Waals surface area contributed by atoms with Crippen molar-refractivity contribution in [1.29, 1.82) is 0 Å². The van der Waals surface area contributed by atoms with Gasteiger partial charge in [-0.25, -0.2) is 14.6 Å². The quantitative estimate of drug-likeness (QED) is 0.353. The van der Waals surface area contributed by atoms with E-state index in [0.717, 1.165) is 46.0 Å². The Kier molecular flexibility index (Phi) is 9.86. The molecule has 7 nitrogen and oxygen atoms in total. The van der Waals surface area contributed by atoms with Gasteiger partial charge in [-0.1, -0.05) is 19.9 Å². The highest BCUT2D eigenvalue weighted by atomic mass is 32.2. The Labute approximate surface area is 216 Å².